The van der Waals surface area contributed by atoms with E-state index in [0.717, 1.165) is 43.9 Å². The Morgan fingerprint density at radius 2 is 1.93 bits per heavy atom. The Bertz CT molecular complexity index is 836. The SMILES string of the molecule is CC[C@H](NC(=O)Cn1ncc(N2CCN(C)CC2)cc1=O)c1cnn(C)c1. The Labute approximate surface area is 158 Å². The third-order valence-corrected chi connectivity index (χ3v) is 4.89. The maximum absolute atomic E-state index is 12.4. The van der Waals surface area contributed by atoms with Crippen molar-refractivity contribution in [1.29, 1.82) is 0 Å². The average Bonchev–Trinajstić information content (AvgIpc) is 3.08. The van der Waals surface area contributed by atoms with Gasteiger partial charge in [0.05, 0.1) is 24.1 Å². The summed E-state index contributed by atoms with van der Waals surface area (Å²) in [6.45, 7) is 5.54. The average molecular weight is 373 g/mol. The lowest BCUT2D eigenvalue weighted by atomic mass is 10.1. The normalized spacial score (nSPS) is 16.3. The lowest BCUT2D eigenvalue weighted by molar-refractivity contribution is -0.122. The molecule has 2 aromatic rings. The topological polar surface area (TPSA) is 88.3 Å². The third-order valence-electron chi connectivity index (χ3n) is 4.89. The number of piperazine rings is 1. The number of likely N-dealkylation sites (N-methyl/N-ethyl adjacent to an activating group) is 1. The van der Waals surface area contributed by atoms with E-state index in [-0.39, 0.29) is 24.1 Å². The molecule has 1 saturated heterocycles. The number of rotatable bonds is 6. The summed E-state index contributed by atoms with van der Waals surface area (Å²) in [4.78, 5) is 29.2. The van der Waals surface area contributed by atoms with Gasteiger partial charge in [-0.1, -0.05) is 6.92 Å². The molecule has 0 aliphatic carbocycles. The molecule has 9 nitrogen and oxygen atoms in total. The van der Waals surface area contributed by atoms with Gasteiger partial charge >= 0.3 is 0 Å². The Morgan fingerprint density at radius 3 is 2.52 bits per heavy atom. The van der Waals surface area contributed by atoms with E-state index in [4.69, 9.17) is 0 Å². The van der Waals surface area contributed by atoms with Gasteiger partial charge in [-0.05, 0) is 13.5 Å². The van der Waals surface area contributed by atoms with Gasteiger partial charge in [-0.15, -0.1) is 0 Å². The van der Waals surface area contributed by atoms with Crippen molar-refractivity contribution >= 4 is 11.6 Å². The lowest BCUT2D eigenvalue weighted by Crippen LogP contribution is -2.45. The van der Waals surface area contributed by atoms with Gasteiger partial charge < -0.3 is 15.1 Å². The lowest BCUT2D eigenvalue weighted by Gasteiger charge is -2.33. The summed E-state index contributed by atoms with van der Waals surface area (Å²) in [6.07, 6.45) is 6.02. The zero-order valence-electron chi connectivity index (χ0n) is 16.1. The summed E-state index contributed by atoms with van der Waals surface area (Å²) < 4.78 is 2.90. The van der Waals surface area contributed by atoms with Crippen LogP contribution in [0.4, 0.5) is 5.69 Å². The zero-order valence-corrected chi connectivity index (χ0v) is 16.1. The first-order valence-corrected chi connectivity index (χ1v) is 9.25. The van der Waals surface area contributed by atoms with Crippen molar-refractivity contribution in [2.75, 3.05) is 38.1 Å². The van der Waals surface area contributed by atoms with Crippen molar-refractivity contribution in [2.45, 2.75) is 25.9 Å². The standard InChI is InChI=1S/C18H27N7O2/c1-4-16(14-10-19-23(3)12-14)21-17(26)13-25-18(27)9-15(11-20-25)24-7-5-22(2)6-8-24/h9-12,16H,4-8,13H2,1-3H3,(H,21,26)/t16-/m0/s1. The highest BCUT2D eigenvalue weighted by molar-refractivity contribution is 5.76. The van der Waals surface area contributed by atoms with Crippen LogP contribution in [0.15, 0.2) is 29.5 Å². The van der Waals surface area contributed by atoms with Gasteiger partial charge in [-0.25, -0.2) is 4.68 Å². The number of nitrogens with one attached hydrogen (secondary N) is 1. The fraction of sp³-hybridized carbons (Fsp3) is 0.556. The third kappa shape index (κ3) is 4.73. The van der Waals surface area contributed by atoms with E-state index >= 15 is 0 Å². The number of aromatic nitrogens is 4. The Hall–Kier alpha value is -2.68. The molecule has 0 aromatic carbocycles. The minimum Gasteiger partial charge on any atom is -0.368 e. The first-order chi connectivity index (χ1) is 13.0. The van der Waals surface area contributed by atoms with Crippen molar-refractivity contribution in [2.24, 2.45) is 7.05 Å². The first kappa shape index (κ1) is 19.1. The van der Waals surface area contributed by atoms with Crippen LogP contribution < -0.4 is 15.8 Å². The molecule has 1 amide bonds. The molecule has 0 radical (unpaired) electrons. The Morgan fingerprint density at radius 1 is 1.19 bits per heavy atom. The van der Waals surface area contributed by atoms with Crippen molar-refractivity contribution in [3.8, 4) is 0 Å². The van der Waals surface area contributed by atoms with Crippen LogP contribution in [0.25, 0.3) is 0 Å². The smallest absolute Gasteiger partial charge is 0.269 e. The summed E-state index contributed by atoms with van der Waals surface area (Å²) in [6, 6.07) is 1.43. The number of hydrogen-bond donors (Lipinski definition) is 1. The van der Waals surface area contributed by atoms with Gasteiger partial charge in [0.1, 0.15) is 6.54 Å². The highest BCUT2D eigenvalue weighted by atomic mass is 16.2. The van der Waals surface area contributed by atoms with Crippen LogP contribution in [0, 0.1) is 0 Å². The summed E-state index contributed by atoms with van der Waals surface area (Å²) in [5, 5.41) is 11.3. The zero-order chi connectivity index (χ0) is 19.4. The second-order valence-electron chi connectivity index (χ2n) is 6.98. The van der Waals surface area contributed by atoms with Gasteiger partial charge in [-0.2, -0.15) is 10.2 Å². The van der Waals surface area contributed by atoms with Crippen LogP contribution in [0.1, 0.15) is 24.9 Å². The van der Waals surface area contributed by atoms with E-state index in [1.165, 1.54) is 4.68 Å². The number of nitrogens with zero attached hydrogens (tertiary/aromatic N) is 6. The summed E-state index contributed by atoms with van der Waals surface area (Å²) in [7, 11) is 3.92. The van der Waals surface area contributed by atoms with E-state index in [1.807, 2.05) is 20.2 Å². The molecule has 0 unspecified atom stereocenters. The van der Waals surface area contributed by atoms with Gasteiger partial charge in [0, 0.05) is 51.1 Å². The number of amides is 1. The molecule has 1 aliphatic heterocycles. The van der Waals surface area contributed by atoms with E-state index in [1.54, 1.807) is 23.1 Å². The molecule has 1 aliphatic rings. The molecule has 1 N–H and O–H groups in total. The van der Waals surface area contributed by atoms with Crippen molar-refractivity contribution in [1.82, 2.24) is 29.8 Å². The van der Waals surface area contributed by atoms with Crippen LogP contribution in [-0.4, -0.2) is 63.6 Å². The van der Waals surface area contributed by atoms with Crippen molar-refractivity contribution in [3.05, 3.63) is 40.6 Å². The number of carbonyl (C=O) groups excluding carboxylic acids is 1. The van der Waals surface area contributed by atoms with Crippen LogP contribution in [-0.2, 0) is 18.4 Å². The monoisotopic (exact) mass is 373 g/mol. The van der Waals surface area contributed by atoms with Crippen LogP contribution in [0.5, 0.6) is 0 Å². The minimum absolute atomic E-state index is 0.0986. The highest BCUT2D eigenvalue weighted by Crippen LogP contribution is 2.15. The summed E-state index contributed by atoms with van der Waals surface area (Å²) in [5.41, 5.74) is 1.49. The van der Waals surface area contributed by atoms with Crippen LogP contribution in [0.3, 0.4) is 0 Å². The summed E-state index contributed by atoms with van der Waals surface area (Å²) >= 11 is 0. The molecule has 1 fully saturated rings. The second kappa shape index (κ2) is 8.34. The highest BCUT2D eigenvalue weighted by Gasteiger charge is 2.17. The maximum atomic E-state index is 12.4. The van der Waals surface area contributed by atoms with Crippen LogP contribution in [0.2, 0.25) is 0 Å². The molecule has 146 valence electrons. The Kier molecular flexibility index (Phi) is 5.90. The molecule has 0 saturated carbocycles. The molecule has 1 atom stereocenters. The largest absolute Gasteiger partial charge is 0.368 e. The van der Waals surface area contributed by atoms with E-state index < -0.39 is 0 Å². The number of aryl methyl sites for hydroxylation is 1. The van der Waals surface area contributed by atoms with Gasteiger partial charge in [0.15, 0.2) is 0 Å². The predicted molar refractivity (Wildman–Crippen MR) is 103 cm³/mol. The predicted octanol–water partition coefficient (Wildman–Crippen LogP) is -0.00390. The van der Waals surface area contributed by atoms with E-state index in [0.29, 0.717) is 0 Å². The molecule has 0 bridgehead atoms. The van der Waals surface area contributed by atoms with Gasteiger partial charge in [-0.3, -0.25) is 14.3 Å². The van der Waals surface area contributed by atoms with Crippen molar-refractivity contribution < 1.29 is 4.79 Å². The second-order valence-corrected chi connectivity index (χ2v) is 6.98. The fourth-order valence-electron chi connectivity index (χ4n) is 3.20. The number of hydrogen-bond acceptors (Lipinski definition) is 6. The van der Waals surface area contributed by atoms with Crippen LogP contribution >= 0.6 is 0 Å². The quantitative estimate of drug-likeness (QED) is 0.767. The molecule has 2 aromatic heterocycles. The number of anilines is 1. The first-order valence-electron chi connectivity index (χ1n) is 9.25. The maximum Gasteiger partial charge on any atom is 0.269 e. The fourth-order valence-corrected chi connectivity index (χ4v) is 3.20. The van der Waals surface area contributed by atoms with E-state index in [9.17, 15) is 9.59 Å². The molecule has 3 rings (SSSR count). The molecule has 0 spiro atoms. The molecule has 3 heterocycles. The van der Waals surface area contributed by atoms with Crippen molar-refractivity contribution in [3.63, 3.8) is 0 Å². The van der Waals surface area contributed by atoms with Gasteiger partial charge in [0.2, 0.25) is 5.91 Å². The molecular weight excluding hydrogens is 346 g/mol. The number of carbonyl (C=O) groups is 1. The minimum atomic E-state index is -0.268. The molecule has 9 heteroatoms. The summed E-state index contributed by atoms with van der Waals surface area (Å²) in [5.74, 6) is -0.243. The van der Waals surface area contributed by atoms with Gasteiger partial charge in [0.25, 0.3) is 5.56 Å². The Balaban J connectivity index is 1.63. The molecular formula is C18H27N7O2. The molecule has 27 heavy (non-hydrogen) atoms. The van der Waals surface area contributed by atoms with E-state index in [2.05, 4.69) is 32.4 Å².